The van der Waals surface area contributed by atoms with Gasteiger partial charge in [-0.05, 0) is 41.3 Å². The highest BCUT2D eigenvalue weighted by molar-refractivity contribution is 4.86. The van der Waals surface area contributed by atoms with Crippen molar-refractivity contribution in [1.29, 1.82) is 0 Å². The van der Waals surface area contributed by atoms with E-state index in [1.165, 1.54) is 0 Å². The van der Waals surface area contributed by atoms with Crippen LogP contribution in [-0.4, -0.2) is 72.9 Å². The summed E-state index contributed by atoms with van der Waals surface area (Å²) in [6.07, 6.45) is 0.989. The molecule has 1 heterocycles. The van der Waals surface area contributed by atoms with Crippen LogP contribution >= 0.6 is 0 Å². The number of nitrogens with zero attached hydrogens (tertiary/aromatic N) is 2. The number of nitrogens with one attached hydrogen (secondary N) is 1. The Bertz CT molecular complexity index is 219. The van der Waals surface area contributed by atoms with Crippen LogP contribution in [0.3, 0.4) is 0 Å². The third-order valence-electron chi connectivity index (χ3n) is 4.37. The van der Waals surface area contributed by atoms with E-state index in [0.717, 1.165) is 26.1 Å². The predicted octanol–water partition coefficient (Wildman–Crippen LogP) is 0.371. The van der Waals surface area contributed by atoms with E-state index in [4.69, 9.17) is 0 Å². The summed E-state index contributed by atoms with van der Waals surface area (Å²) >= 11 is 0. The molecule has 0 spiro atoms. The van der Waals surface area contributed by atoms with E-state index < -0.39 is 0 Å². The molecule has 3 unspecified atom stereocenters. The molecule has 4 nitrogen and oxygen atoms in total. The molecule has 17 heavy (non-hydrogen) atoms. The van der Waals surface area contributed by atoms with Crippen molar-refractivity contribution in [2.24, 2.45) is 0 Å². The summed E-state index contributed by atoms with van der Waals surface area (Å²) in [5, 5.41) is 12.6. The minimum Gasteiger partial charge on any atom is -0.394 e. The number of hydrogen-bond acceptors (Lipinski definition) is 4. The fourth-order valence-corrected chi connectivity index (χ4v) is 2.38. The first-order valence-electron chi connectivity index (χ1n) is 6.66. The maximum atomic E-state index is 9.37. The molecule has 0 aromatic rings. The van der Waals surface area contributed by atoms with Crippen LogP contribution in [0.2, 0.25) is 0 Å². The number of aliphatic hydroxyl groups is 1. The summed E-state index contributed by atoms with van der Waals surface area (Å²) in [6, 6.07) is 1.24. The lowest BCUT2D eigenvalue weighted by Gasteiger charge is -2.43. The van der Waals surface area contributed by atoms with Gasteiger partial charge in [0.2, 0.25) is 0 Å². The van der Waals surface area contributed by atoms with E-state index in [1.807, 2.05) is 7.05 Å². The molecule has 1 rings (SSSR count). The first kappa shape index (κ1) is 14.9. The van der Waals surface area contributed by atoms with Gasteiger partial charge in [-0.15, -0.1) is 0 Å². The molecule has 1 fully saturated rings. The van der Waals surface area contributed by atoms with Crippen molar-refractivity contribution in [3.05, 3.63) is 0 Å². The summed E-state index contributed by atoms with van der Waals surface area (Å²) in [6.45, 7) is 10.2. The zero-order valence-electron chi connectivity index (χ0n) is 12.0. The van der Waals surface area contributed by atoms with Crippen LogP contribution in [0, 0.1) is 0 Å². The van der Waals surface area contributed by atoms with E-state index >= 15 is 0 Å². The minimum atomic E-state index is -0.143. The van der Waals surface area contributed by atoms with Gasteiger partial charge in [0.15, 0.2) is 0 Å². The molecule has 0 aliphatic carbocycles. The molecule has 1 saturated heterocycles. The van der Waals surface area contributed by atoms with Gasteiger partial charge < -0.3 is 15.3 Å². The van der Waals surface area contributed by atoms with Crippen LogP contribution in [0.1, 0.15) is 27.2 Å². The number of likely N-dealkylation sites (N-methyl/N-ethyl adjacent to an activating group) is 2. The second-order valence-electron chi connectivity index (χ2n) is 5.84. The van der Waals surface area contributed by atoms with Crippen molar-refractivity contribution >= 4 is 0 Å². The number of rotatable bonds is 5. The van der Waals surface area contributed by atoms with Gasteiger partial charge in [-0.2, -0.15) is 0 Å². The molecule has 3 atom stereocenters. The second-order valence-corrected chi connectivity index (χ2v) is 5.84. The Balaban J connectivity index is 2.43. The van der Waals surface area contributed by atoms with Gasteiger partial charge in [-0.3, -0.25) is 4.90 Å². The van der Waals surface area contributed by atoms with E-state index in [0.29, 0.717) is 12.1 Å². The van der Waals surface area contributed by atoms with Gasteiger partial charge in [0, 0.05) is 37.3 Å². The minimum absolute atomic E-state index is 0.143. The molecule has 0 radical (unpaired) electrons. The molecule has 0 bridgehead atoms. The highest BCUT2D eigenvalue weighted by Gasteiger charge is 2.28. The molecule has 2 N–H and O–H groups in total. The van der Waals surface area contributed by atoms with Crippen LogP contribution in [0.25, 0.3) is 0 Å². The summed E-state index contributed by atoms with van der Waals surface area (Å²) in [5.41, 5.74) is -0.143. The van der Waals surface area contributed by atoms with Crippen molar-refractivity contribution in [1.82, 2.24) is 15.1 Å². The second kappa shape index (κ2) is 6.14. The van der Waals surface area contributed by atoms with E-state index in [-0.39, 0.29) is 12.1 Å². The first-order valence-corrected chi connectivity index (χ1v) is 6.66. The molecule has 0 aromatic carbocycles. The summed E-state index contributed by atoms with van der Waals surface area (Å²) in [5.74, 6) is 0. The fourth-order valence-electron chi connectivity index (χ4n) is 2.38. The SMILES string of the molecule is CNC(C)(CO)CCN1CC(C)N(C)C(C)C1. The Morgan fingerprint density at radius 1 is 1.29 bits per heavy atom. The van der Waals surface area contributed by atoms with Crippen LogP contribution in [0.4, 0.5) is 0 Å². The van der Waals surface area contributed by atoms with Crippen LogP contribution in [-0.2, 0) is 0 Å². The molecule has 4 heteroatoms. The lowest BCUT2D eigenvalue weighted by Crippen LogP contribution is -2.56. The Morgan fingerprint density at radius 2 is 1.82 bits per heavy atom. The fraction of sp³-hybridized carbons (Fsp3) is 1.00. The monoisotopic (exact) mass is 243 g/mol. The quantitative estimate of drug-likeness (QED) is 0.732. The highest BCUT2D eigenvalue weighted by atomic mass is 16.3. The van der Waals surface area contributed by atoms with Crippen LogP contribution in [0.15, 0.2) is 0 Å². The smallest absolute Gasteiger partial charge is 0.0610 e. The third kappa shape index (κ3) is 3.91. The van der Waals surface area contributed by atoms with Crippen molar-refractivity contribution in [2.45, 2.75) is 44.8 Å². The Kier molecular flexibility index (Phi) is 5.38. The van der Waals surface area contributed by atoms with E-state index in [9.17, 15) is 5.11 Å². The van der Waals surface area contributed by atoms with Crippen LogP contribution < -0.4 is 5.32 Å². The Hall–Kier alpha value is -0.160. The molecular weight excluding hydrogens is 214 g/mol. The van der Waals surface area contributed by atoms with Gasteiger partial charge in [0.1, 0.15) is 0 Å². The van der Waals surface area contributed by atoms with Crippen molar-refractivity contribution in [3.8, 4) is 0 Å². The Morgan fingerprint density at radius 3 is 2.24 bits per heavy atom. The maximum Gasteiger partial charge on any atom is 0.0610 e. The predicted molar refractivity (Wildman–Crippen MR) is 72.3 cm³/mol. The van der Waals surface area contributed by atoms with Crippen molar-refractivity contribution in [2.75, 3.05) is 40.3 Å². The zero-order chi connectivity index (χ0) is 13.1. The van der Waals surface area contributed by atoms with Crippen molar-refractivity contribution in [3.63, 3.8) is 0 Å². The van der Waals surface area contributed by atoms with Crippen LogP contribution in [0.5, 0.6) is 0 Å². The van der Waals surface area contributed by atoms with E-state index in [1.54, 1.807) is 0 Å². The average Bonchev–Trinajstić information content (AvgIpc) is 2.32. The zero-order valence-corrected chi connectivity index (χ0v) is 12.0. The lowest BCUT2D eigenvalue weighted by molar-refractivity contribution is 0.0509. The number of piperazine rings is 1. The Labute approximate surface area is 106 Å². The van der Waals surface area contributed by atoms with E-state index in [2.05, 4.69) is 42.9 Å². The average molecular weight is 243 g/mol. The van der Waals surface area contributed by atoms with Gasteiger partial charge in [-0.1, -0.05) is 0 Å². The molecule has 0 aromatic heterocycles. The standard InChI is InChI=1S/C13H29N3O/c1-11-8-16(9-12(2)15(11)5)7-6-13(3,10-17)14-4/h11-12,14,17H,6-10H2,1-5H3. The topological polar surface area (TPSA) is 38.7 Å². The number of aliphatic hydroxyl groups excluding tert-OH is 1. The summed E-state index contributed by atoms with van der Waals surface area (Å²) < 4.78 is 0. The van der Waals surface area contributed by atoms with Gasteiger partial charge in [0.05, 0.1) is 6.61 Å². The number of hydrogen-bond donors (Lipinski definition) is 2. The molecule has 1 aliphatic rings. The summed E-state index contributed by atoms with van der Waals surface area (Å²) in [4.78, 5) is 4.96. The normalized spacial score (nSPS) is 31.4. The maximum absolute atomic E-state index is 9.37. The van der Waals surface area contributed by atoms with Gasteiger partial charge >= 0.3 is 0 Å². The molecule has 0 saturated carbocycles. The molecule has 1 aliphatic heterocycles. The van der Waals surface area contributed by atoms with Crippen molar-refractivity contribution < 1.29 is 5.11 Å². The highest BCUT2D eigenvalue weighted by Crippen LogP contribution is 2.16. The van der Waals surface area contributed by atoms with Gasteiger partial charge in [0.25, 0.3) is 0 Å². The molecule has 0 amide bonds. The largest absolute Gasteiger partial charge is 0.394 e. The first-order chi connectivity index (χ1) is 7.91. The third-order valence-corrected chi connectivity index (χ3v) is 4.37. The van der Waals surface area contributed by atoms with Gasteiger partial charge in [-0.25, -0.2) is 0 Å². The molecule has 102 valence electrons. The summed E-state index contributed by atoms with van der Waals surface area (Å²) in [7, 11) is 4.13. The molecular formula is C13H29N3O. The lowest BCUT2D eigenvalue weighted by atomic mass is 9.98.